The van der Waals surface area contributed by atoms with Gasteiger partial charge < -0.3 is 14.8 Å². The molecular weight excluding hydrogens is 244 g/mol. The van der Waals surface area contributed by atoms with Crippen molar-refractivity contribution in [2.24, 2.45) is 0 Å². The molecule has 19 heavy (non-hydrogen) atoms. The van der Waals surface area contributed by atoms with Gasteiger partial charge in [-0.15, -0.1) is 0 Å². The quantitative estimate of drug-likeness (QED) is 0.866. The van der Waals surface area contributed by atoms with E-state index in [0.29, 0.717) is 17.5 Å². The summed E-state index contributed by atoms with van der Waals surface area (Å²) >= 11 is 0. The van der Waals surface area contributed by atoms with E-state index in [1.165, 1.54) is 0 Å². The van der Waals surface area contributed by atoms with Gasteiger partial charge >= 0.3 is 5.97 Å². The molecule has 5 nitrogen and oxygen atoms in total. The van der Waals surface area contributed by atoms with Crippen molar-refractivity contribution in [2.45, 2.75) is 32.2 Å². The standard InChI is InChI=1S/C14H18N2O3/c1-3-14(2,7-8-17)16-9-15-11-6-4-5-10(12(11)16)13(18)19/h4-6,9,17H,3,7-8H2,1-2H3,(H,18,19). The zero-order valence-electron chi connectivity index (χ0n) is 11.1. The lowest BCUT2D eigenvalue weighted by Crippen LogP contribution is -2.30. The lowest BCUT2D eigenvalue weighted by molar-refractivity contribution is 0.0698. The molecule has 2 N–H and O–H groups in total. The minimum absolute atomic E-state index is 0.0548. The van der Waals surface area contributed by atoms with Gasteiger partial charge in [0.25, 0.3) is 0 Å². The second-order valence-corrected chi connectivity index (χ2v) is 4.92. The van der Waals surface area contributed by atoms with Crippen LogP contribution in [-0.4, -0.2) is 32.3 Å². The maximum absolute atomic E-state index is 11.3. The Morgan fingerprint density at radius 3 is 2.79 bits per heavy atom. The Kier molecular flexibility index (Phi) is 3.57. The lowest BCUT2D eigenvalue weighted by atomic mass is 9.94. The number of rotatable bonds is 5. The fraction of sp³-hybridized carbons (Fsp3) is 0.429. The van der Waals surface area contributed by atoms with Crippen LogP contribution in [0.2, 0.25) is 0 Å². The molecule has 0 bridgehead atoms. The second-order valence-electron chi connectivity index (χ2n) is 4.92. The van der Waals surface area contributed by atoms with Gasteiger partial charge in [-0.25, -0.2) is 9.78 Å². The van der Waals surface area contributed by atoms with E-state index in [2.05, 4.69) is 4.98 Å². The van der Waals surface area contributed by atoms with Crippen LogP contribution in [0.25, 0.3) is 11.0 Å². The molecular formula is C14H18N2O3. The van der Waals surface area contributed by atoms with Crippen molar-refractivity contribution in [1.82, 2.24) is 9.55 Å². The van der Waals surface area contributed by atoms with Gasteiger partial charge in [0.15, 0.2) is 0 Å². The van der Waals surface area contributed by atoms with E-state index in [4.69, 9.17) is 0 Å². The maximum Gasteiger partial charge on any atom is 0.337 e. The summed E-state index contributed by atoms with van der Waals surface area (Å²) in [5.41, 5.74) is 1.19. The van der Waals surface area contributed by atoms with E-state index >= 15 is 0 Å². The molecule has 1 aromatic carbocycles. The average Bonchev–Trinajstić information content (AvgIpc) is 2.82. The SMILES string of the molecule is CCC(C)(CCO)n1cnc2cccc(C(=O)O)c21. The van der Waals surface area contributed by atoms with E-state index in [0.717, 1.165) is 6.42 Å². The van der Waals surface area contributed by atoms with Crippen molar-refractivity contribution < 1.29 is 15.0 Å². The van der Waals surface area contributed by atoms with Crippen molar-refractivity contribution in [3.05, 3.63) is 30.1 Å². The Balaban J connectivity index is 2.70. The first-order valence-corrected chi connectivity index (χ1v) is 6.34. The largest absolute Gasteiger partial charge is 0.478 e. The number of imidazole rings is 1. The van der Waals surface area contributed by atoms with E-state index in [1.807, 2.05) is 18.4 Å². The summed E-state index contributed by atoms with van der Waals surface area (Å²) in [5.74, 6) is -0.963. The minimum atomic E-state index is -0.963. The predicted molar refractivity (Wildman–Crippen MR) is 72.3 cm³/mol. The second kappa shape index (κ2) is 5.01. The molecule has 102 valence electrons. The molecule has 2 rings (SSSR count). The number of aliphatic hydroxyl groups is 1. The van der Waals surface area contributed by atoms with Crippen LogP contribution in [0.15, 0.2) is 24.5 Å². The maximum atomic E-state index is 11.3. The van der Waals surface area contributed by atoms with Gasteiger partial charge in [0.1, 0.15) is 0 Å². The monoisotopic (exact) mass is 262 g/mol. The third-order valence-corrected chi connectivity index (χ3v) is 3.79. The number of carboxylic acid groups (broad SMARTS) is 1. The fourth-order valence-electron chi connectivity index (χ4n) is 2.36. The van der Waals surface area contributed by atoms with Gasteiger partial charge in [-0.1, -0.05) is 13.0 Å². The first-order valence-electron chi connectivity index (χ1n) is 6.34. The number of aromatic carboxylic acids is 1. The summed E-state index contributed by atoms with van der Waals surface area (Å²) in [5, 5.41) is 18.5. The summed E-state index contributed by atoms with van der Waals surface area (Å²) in [6.45, 7) is 4.08. The smallest absolute Gasteiger partial charge is 0.337 e. The van der Waals surface area contributed by atoms with E-state index in [-0.39, 0.29) is 17.7 Å². The van der Waals surface area contributed by atoms with Crippen LogP contribution < -0.4 is 0 Å². The summed E-state index contributed by atoms with van der Waals surface area (Å²) in [7, 11) is 0. The highest BCUT2D eigenvalue weighted by atomic mass is 16.4. The Labute approximate surface area is 111 Å². The van der Waals surface area contributed by atoms with Gasteiger partial charge in [0.05, 0.1) is 22.9 Å². The lowest BCUT2D eigenvalue weighted by Gasteiger charge is -2.30. The highest BCUT2D eigenvalue weighted by Gasteiger charge is 2.27. The number of benzene rings is 1. The molecule has 1 aromatic heterocycles. The van der Waals surface area contributed by atoms with E-state index in [9.17, 15) is 15.0 Å². The predicted octanol–water partition coefficient (Wildman–Crippen LogP) is 2.24. The van der Waals surface area contributed by atoms with Gasteiger partial charge in [0, 0.05) is 12.1 Å². The number of fused-ring (bicyclic) bond motifs is 1. The first kappa shape index (κ1) is 13.5. The van der Waals surface area contributed by atoms with Gasteiger partial charge in [0.2, 0.25) is 0 Å². The van der Waals surface area contributed by atoms with Crippen LogP contribution in [0.1, 0.15) is 37.0 Å². The number of aromatic nitrogens is 2. The van der Waals surface area contributed by atoms with Gasteiger partial charge in [-0.05, 0) is 31.9 Å². The number of hydrogen-bond acceptors (Lipinski definition) is 3. The van der Waals surface area contributed by atoms with Crippen LogP contribution in [0.3, 0.4) is 0 Å². The molecule has 0 amide bonds. The number of carboxylic acids is 1. The zero-order valence-corrected chi connectivity index (χ0v) is 11.1. The molecule has 0 aliphatic carbocycles. The highest BCUT2D eigenvalue weighted by molar-refractivity contribution is 6.01. The van der Waals surface area contributed by atoms with Crippen molar-refractivity contribution in [2.75, 3.05) is 6.61 Å². The van der Waals surface area contributed by atoms with Crippen molar-refractivity contribution in [3.8, 4) is 0 Å². The Bertz CT molecular complexity index is 606. The summed E-state index contributed by atoms with van der Waals surface area (Å²) in [6, 6.07) is 5.07. The Morgan fingerprint density at radius 1 is 1.47 bits per heavy atom. The van der Waals surface area contributed by atoms with Crippen LogP contribution in [-0.2, 0) is 5.54 Å². The molecule has 0 radical (unpaired) electrons. The van der Waals surface area contributed by atoms with Crippen LogP contribution >= 0.6 is 0 Å². The Hall–Kier alpha value is -1.88. The number of hydrogen-bond donors (Lipinski definition) is 2. The summed E-state index contributed by atoms with van der Waals surface area (Å²) in [4.78, 5) is 15.6. The molecule has 1 atom stereocenters. The average molecular weight is 262 g/mol. The van der Waals surface area contributed by atoms with Crippen LogP contribution in [0.4, 0.5) is 0 Å². The molecule has 1 unspecified atom stereocenters. The van der Waals surface area contributed by atoms with E-state index < -0.39 is 5.97 Å². The zero-order chi connectivity index (χ0) is 14.0. The Morgan fingerprint density at radius 2 is 2.21 bits per heavy atom. The minimum Gasteiger partial charge on any atom is -0.478 e. The molecule has 0 saturated carbocycles. The summed E-state index contributed by atoms with van der Waals surface area (Å²) < 4.78 is 1.88. The molecule has 0 saturated heterocycles. The van der Waals surface area contributed by atoms with E-state index in [1.54, 1.807) is 24.5 Å². The van der Waals surface area contributed by atoms with Crippen molar-refractivity contribution in [3.63, 3.8) is 0 Å². The molecule has 0 aliphatic heterocycles. The van der Waals surface area contributed by atoms with Crippen molar-refractivity contribution in [1.29, 1.82) is 0 Å². The first-order chi connectivity index (χ1) is 9.03. The third kappa shape index (κ3) is 2.21. The fourth-order valence-corrected chi connectivity index (χ4v) is 2.36. The van der Waals surface area contributed by atoms with Crippen LogP contribution in [0.5, 0.6) is 0 Å². The van der Waals surface area contributed by atoms with Gasteiger partial charge in [-0.3, -0.25) is 0 Å². The molecule has 0 fully saturated rings. The molecule has 0 aliphatic rings. The number of para-hydroxylation sites is 1. The summed E-state index contributed by atoms with van der Waals surface area (Å²) in [6.07, 6.45) is 3.01. The molecule has 0 spiro atoms. The number of carbonyl (C=O) groups is 1. The van der Waals surface area contributed by atoms with Crippen molar-refractivity contribution >= 4 is 17.0 Å². The van der Waals surface area contributed by atoms with Gasteiger partial charge in [-0.2, -0.15) is 0 Å². The molecule has 5 heteroatoms. The van der Waals surface area contributed by atoms with Crippen LogP contribution in [0, 0.1) is 0 Å². The number of aliphatic hydroxyl groups excluding tert-OH is 1. The molecule has 1 heterocycles. The third-order valence-electron chi connectivity index (χ3n) is 3.79. The normalized spacial score (nSPS) is 14.5. The number of nitrogens with zero attached hydrogens (tertiary/aromatic N) is 2. The topological polar surface area (TPSA) is 75.3 Å². The molecule has 2 aromatic rings. The highest BCUT2D eigenvalue weighted by Crippen LogP contribution is 2.30.